The summed E-state index contributed by atoms with van der Waals surface area (Å²) in [5.74, 6) is -0.00763. The molecule has 1 aliphatic rings. The standard InChI is InChI=1S/C15H16N2O4/c1-9-4-2-3-5-10(9)12-14(18)16-13(17-15(12)19)11-8-20-6-7-21-11/h2-5,11H,6-8H2,1H3,(H2,16,17,18,19). The third kappa shape index (κ3) is 2.68. The summed E-state index contributed by atoms with van der Waals surface area (Å²) < 4.78 is 10.8. The minimum absolute atomic E-state index is 0.175. The molecule has 1 fully saturated rings. The number of nitrogens with one attached hydrogen (secondary N) is 1. The molecule has 0 bridgehead atoms. The van der Waals surface area contributed by atoms with Crippen LogP contribution in [0.3, 0.4) is 0 Å². The van der Waals surface area contributed by atoms with Crippen molar-refractivity contribution in [3.63, 3.8) is 0 Å². The van der Waals surface area contributed by atoms with E-state index in [1.54, 1.807) is 6.07 Å². The molecule has 6 nitrogen and oxygen atoms in total. The smallest absolute Gasteiger partial charge is 0.262 e. The summed E-state index contributed by atoms with van der Waals surface area (Å²) in [7, 11) is 0. The largest absolute Gasteiger partial charge is 0.493 e. The first-order valence-corrected chi connectivity index (χ1v) is 6.75. The van der Waals surface area contributed by atoms with Crippen LogP contribution in [0, 0.1) is 6.92 Å². The zero-order valence-electron chi connectivity index (χ0n) is 11.6. The fraction of sp³-hybridized carbons (Fsp3) is 0.333. The second-order valence-corrected chi connectivity index (χ2v) is 4.90. The minimum Gasteiger partial charge on any atom is -0.493 e. The number of aromatic nitrogens is 2. The molecule has 0 spiro atoms. The molecule has 1 saturated heterocycles. The van der Waals surface area contributed by atoms with Crippen LogP contribution in [0.4, 0.5) is 0 Å². The Morgan fingerprint density at radius 3 is 2.81 bits per heavy atom. The van der Waals surface area contributed by atoms with Gasteiger partial charge < -0.3 is 19.6 Å². The Morgan fingerprint density at radius 2 is 2.14 bits per heavy atom. The maximum atomic E-state index is 12.3. The number of hydrogen-bond donors (Lipinski definition) is 2. The van der Waals surface area contributed by atoms with Crippen molar-refractivity contribution >= 4 is 0 Å². The molecular weight excluding hydrogens is 272 g/mol. The van der Waals surface area contributed by atoms with Gasteiger partial charge >= 0.3 is 0 Å². The van der Waals surface area contributed by atoms with Gasteiger partial charge in [-0.1, -0.05) is 24.3 Å². The molecule has 1 aromatic heterocycles. The van der Waals surface area contributed by atoms with Gasteiger partial charge in [0, 0.05) is 0 Å². The van der Waals surface area contributed by atoms with Gasteiger partial charge in [-0.15, -0.1) is 0 Å². The van der Waals surface area contributed by atoms with E-state index >= 15 is 0 Å². The van der Waals surface area contributed by atoms with Gasteiger partial charge in [0.25, 0.3) is 5.56 Å². The number of aromatic hydroxyl groups is 1. The zero-order valence-corrected chi connectivity index (χ0v) is 11.6. The van der Waals surface area contributed by atoms with E-state index in [2.05, 4.69) is 9.97 Å². The van der Waals surface area contributed by atoms with Crippen LogP contribution in [-0.4, -0.2) is 34.9 Å². The van der Waals surface area contributed by atoms with Crippen LogP contribution in [0.2, 0.25) is 0 Å². The highest BCUT2D eigenvalue weighted by atomic mass is 16.6. The molecule has 0 amide bonds. The van der Waals surface area contributed by atoms with E-state index < -0.39 is 6.10 Å². The van der Waals surface area contributed by atoms with E-state index in [1.807, 2.05) is 25.1 Å². The average molecular weight is 288 g/mol. The first-order valence-electron chi connectivity index (χ1n) is 6.75. The van der Waals surface area contributed by atoms with Crippen LogP contribution in [0.1, 0.15) is 17.5 Å². The minimum atomic E-state index is -0.455. The molecule has 1 aliphatic heterocycles. The molecule has 0 saturated carbocycles. The summed E-state index contributed by atoms with van der Waals surface area (Å²) >= 11 is 0. The number of hydrogen-bond acceptors (Lipinski definition) is 5. The van der Waals surface area contributed by atoms with Gasteiger partial charge in [0.15, 0.2) is 0 Å². The number of ether oxygens (including phenoxy) is 2. The molecule has 21 heavy (non-hydrogen) atoms. The van der Waals surface area contributed by atoms with Gasteiger partial charge in [0.2, 0.25) is 5.88 Å². The Hall–Kier alpha value is -2.18. The molecule has 1 unspecified atom stereocenters. The maximum absolute atomic E-state index is 12.3. The fourth-order valence-electron chi connectivity index (χ4n) is 2.37. The van der Waals surface area contributed by atoms with Gasteiger partial charge in [0.1, 0.15) is 17.5 Å². The van der Waals surface area contributed by atoms with Crippen molar-refractivity contribution in [2.24, 2.45) is 0 Å². The quantitative estimate of drug-likeness (QED) is 0.875. The second kappa shape index (κ2) is 5.67. The third-order valence-corrected chi connectivity index (χ3v) is 3.45. The number of rotatable bonds is 2. The van der Waals surface area contributed by atoms with E-state index in [0.717, 1.165) is 5.56 Å². The van der Waals surface area contributed by atoms with Crippen LogP contribution in [0.25, 0.3) is 11.1 Å². The number of aryl methyl sites for hydroxylation is 1. The van der Waals surface area contributed by atoms with E-state index in [0.29, 0.717) is 25.4 Å². The fourth-order valence-corrected chi connectivity index (χ4v) is 2.37. The first kappa shape index (κ1) is 13.8. The maximum Gasteiger partial charge on any atom is 0.262 e. The summed E-state index contributed by atoms with van der Waals surface area (Å²) in [4.78, 5) is 19.1. The van der Waals surface area contributed by atoms with Crippen molar-refractivity contribution < 1.29 is 14.6 Å². The Balaban J connectivity index is 2.05. The normalized spacial score (nSPS) is 18.6. The van der Waals surface area contributed by atoms with Crippen molar-refractivity contribution in [2.75, 3.05) is 19.8 Å². The lowest BCUT2D eigenvalue weighted by atomic mass is 10.0. The van der Waals surface area contributed by atoms with E-state index in [1.165, 1.54) is 0 Å². The molecule has 2 aromatic rings. The predicted molar refractivity (Wildman–Crippen MR) is 76.2 cm³/mol. The van der Waals surface area contributed by atoms with Crippen molar-refractivity contribution in [2.45, 2.75) is 13.0 Å². The van der Waals surface area contributed by atoms with Gasteiger partial charge in [-0.25, -0.2) is 0 Å². The molecule has 0 radical (unpaired) electrons. The van der Waals surface area contributed by atoms with E-state index in [4.69, 9.17) is 9.47 Å². The van der Waals surface area contributed by atoms with Gasteiger partial charge in [-0.2, -0.15) is 4.98 Å². The lowest BCUT2D eigenvalue weighted by molar-refractivity contribution is -0.0937. The number of H-pyrrole nitrogens is 1. The van der Waals surface area contributed by atoms with Crippen molar-refractivity contribution in [1.82, 2.24) is 9.97 Å². The first-order chi connectivity index (χ1) is 10.2. The van der Waals surface area contributed by atoms with Gasteiger partial charge in [-0.05, 0) is 18.1 Å². The summed E-state index contributed by atoms with van der Waals surface area (Å²) in [5.41, 5.74) is 1.34. The molecule has 0 aliphatic carbocycles. The van der Waals surface area contributed by atoms with Crippen LogP contribution >= 0.6 is 0 Å². The monoisotopic (exact) mass is 288 g/mol. The number of aromatic amines is 1. The SMILES string of the molecule is Cc1ccccc1-c1c(O)nc(C2COCCO2)[nH]c1=O. The van der Waals surface area contributed by atoms with Crippen LogP contribution in [-0.2, 0) is 9.47 Å². The Labute approximate surface area is 121 Å². The van der Waals surface area contributed by atoms with Crippen molar-refractivity contribution in [3.8, 4) is 17.0 Å². The molecule has 2 heterocycles. The molecule has 6 heteroatoms. The summed E-state index contributed by atoms with van der Waals surface area (Å²) in [6, 6.07) is 7.34. The van der Waals surface area contributed by atoms with E-state index in [9.17, 15) is 9.90 Å². The highest BCUT2D eigenvalue weighted by Crippen LogP contribution is 2.27. The highest BCUT2D eigenvalue weighted by Gasteiger charge is 2.22. The van der Waals surface area contributed by atoms with Crippen molar-refractivity contribution in [1.29, 1.82) is 0 Å². The zero-order chi connectivity index (χ0) is 14.8. The number of nitrogens with zero attached hydrogens (tertiary/aromatic N) is 1. The Kier molecular flexibility index (Phi) is 3.72. The highest BCUT2D eigenvalue weighted by molar-refractivity contribution is 5.70. The summed E-state index contributed by atoms with van der Waals surface area (Å²) in [6.45, 7) is 3.15. The average Bonchev–Trinajstić information content (AvgIpc) is 2.49. The van der Waals surface area contributed by atoms with Crippen LogP contribution in [0.15, 0.2) is 29.1 Å². The Bertz CT molecular complexity index is 705. The van der Waals surface area contributed by atoms with E-state index in [-0.39, 0.29) is 22.8 Å². The lowest BCUT2D eigenvalue weighted by Gasteiger charge is -2.22. The molecule has 2 N–H and O–H groups in total. The van der Waals surface area contributed by atoms with Gasteiger partial charge in [0.05, 0.1) is 19.8 Å². The predicted octanol–water partition coefficient (Wildman–Crippen LogP) is 1.54. The van der Waals surface area contributed by atoms with Crippen LogP contribution < -0.4 is 5.56 Å². The summed E-state index contributed by atoms with van der Waals surface area (Å²) in [5, 5.41) is 10.2. The Morgan fingerprint density at radius 1 is 1.33 bits per heavy atom. The third-order valence-electron chi connectivity index (χ3n) is 3.45. The topological polar surface area (TPSA) is 84.4 Å². The van der Waals surface area contributed by atoms with Crippen LogP contribution in [0.5, 0.6) is 5.88 Å². The molecule has 1 atom stereocenters. The summed E-state index contributed by atoms with van der Waals surface area (Å²) in [6.07, 6.45) is -0.455. The molecular formula is C15H16N2O4. The molecule has 110 valence electrons. The lowest BCUT2D eigenvalue weighted by Crippen LogP contribution is -2.26. The second-order valence-electron chi connectivity index (χ2n) is 4.90. The molecule has 3 rings (SSSR count). The van der Waals surface area contributed by atoms with Gasteiger partial charge in [-0.3, -0.25) is 4.79 Å². The van der Waals surface area contributed by atoms with Crippen molar-refractivity contribution in [3.05, 3.63) is 46.0 Å². The molecule has 1 aromatic carbocycles. The number of benzene rings is 1.